The van der Waals surface area contributed by atoms with E-state index in [0.29, 0.717) is 35.1 Å². The lowest BCUT2D eigenvalue weighted by atomic mass is 9.62. The SMILES string of the molecule is COC1=CC(=O)c2cc3c(cc2C1=O)C1(C)CCC(=O)c2coc(c21)C3=O. The van der Waals surface area contributed by atoms with Crippen molar-refractivity contribution in [2.24, 2.45) is 0 Å². The Hall–Kier alpha value is -3.28. The Morgan fingerprint density at radius 1 is 1.00 bits per heavy atom. The van der Waals surface area contributed by atoms with Crippen LogP contribution in [0.5, 0.6) is 0 Å². The van der Waals surface area contributed by atoms with Gasteiger partial charge in [0, 0.05) is 40.2 Å². The summed E-state index contributed by atoms with van der Waals surface area (Å²) in [6, 6.07) is 3.09. The Balaban J connectivity index is 1.82. The monoisotopic (exact) mass is 362 g/mol. The third-order valence-corrected chi connectivity index (χ3v) is 5.91. The minimum atomic E-state index is -0.637. The van der Waals surface area contributed by atoms with Crippen LogP contribution in [0.4, 0.5) is 0 Å². The zero-order valence-electron chi connectivity index (χ0n) is 14.7. The topological polar surface area (TPSA) is 90.7 Å². The summed E-state index contributed by atoms with van der Waals surface area (Å²) in [7, 11) is 1.34. The highest BCUT2D eigenvalue weighted by atomic mass is 16.5. The Kier molecular flexibility index (Phi) is 2.90. The van der Waals surface area contributed by atoms with Crippen LogP contribution in [0.15, 0.2) is 34.6 Å². The minimum absolute atomic E-state index is 0.0248. The number of carbonyl (C=O) groups excluding carboxylic acids is 4. The molecule has 1 aromatic carbocycles. The zero-order chi connectivity index (χ0) is 19.1. The van der Waals surface area contributed by atoms with Crippen molar-refractivity contribution in [1.82, 2.24) is 0 Å². The highest BCUT2D eigenvalue weighted by Crippen LogP contribution is 2.50. The fourth-order valence-electron chi connectivity index (χ4n) is 4.48. The van der Waals surface area contributed by atoms with Gasteiger partial charge in [-0.05, 0) is 24.1 Å². The van der Waals surface area contributed by atoms with Crippen LogP contribution in [0, 0.1) is 0 Å². The van der Waals surface area contributed by atoms with E-state index in [0.717, 1.165) is 6.08 Å². The molecule has 0 N–H and O–H groups in total. The van der Waals surface area contributed by atoms with Crippen LogP contribution >= 0.6 is 0 Å². The molecule has 0 spiro atoms. The molecule has 5 rings (SSSR count). The molecule has 1 heterocycles. The van der Waals surface area contributed by atoms with Crippen LogP contribution in [0.25, 0.3) is 0 Å². The maximum Gasteiger partial charge on any atom is 0.228 e. The fourth-order valence-corrected chi connectivity index (χ4v) is 4.48. The molecule has 3 aliphatic rings. The van der Waals surface area contributed by atoms with Crippen molar-refractivity contribution in [1.29, 1.82) is 0 Å². The van der Waals surface area contributed by atoms with Gasteiger partial charge in [-0.25, -0.2) is 0 Å². The highest BCUT2D eigenvalue weighted by molar-refractivity contribution is 6.25. The second-order valence-corrected chi connectivity index (χ2v) is 7.29. The van der Waals surface area contributed by atoms with Gasteiger partial charge in [0.1, 0.15) is 6.26 Å². The van der Waals surface area contributed by atoms with Crippen LogP contribution in [-0.2, 0) is 10.2 Å². The van der Waals surface area contributed by atoms with Gasteiger partial charge < -0.3 is 9.15 Å². The molecule has 0 saturated heterocycles. The molecule has 0 bridgehead atoms. The van der Waals surface area contributed by atoms with Crippen molar-refractivity contribution in [3.05, 3.63) is 69.4 Å². The predicted octanol–water partition coefficient (Wildman–Crippen LogP) is 3.02. The molecule has 27 heavy (non-hydrogen) atoms. The van der Waals surface area contributed by atoms with E-state index >= 15 is 0 Å². The Bertz CT molecular complexity index is 1150. The lowest BCUT2D eigenvalue weighted by Crippen LogP contribution is -2.38. The quantitative estimate of drug-likeness (QED) is 0.774. The second-order valence-electron chi connectivity index (χ2n) is 7.29. The third-order valence-electron chi connectivity index (χ3n) is 5.91. The summed E-state index contributed by atoms with van der Waals surface area (Å²) in [5.74, 6) is -1.08. The standard InChI is InChI=1S/C21H14O6/c1-21-4-3-14(22)12-8-27-20(17(12)21)19(25)11-5-9-10(6-13(11)21)18(24)16(26-2)7-15(9)23/h5-8H,3-4H2,1-2H3. The van der Waals surface area contributed by atoms with Gasteiger partial charge in [0.05, 0.1) is 12.7 Å². The average Bonchev–Trinajstić information content (AvgIpc) is 3.12. The summed E-state index contributed by atoms with van der Waals surface area (Å²) in [5.41, 5.74) is 1.77. The Labute approximate surface area is 153 Å². The molecule has 134 valence electrons. The van der Waals surface area contributed by atoms with Crippen molar-refractivity contribution in [3.8, 4) is 0 Å². The highest BCUT2D eigenvalue weighted by Gasteiger charge is 2.48. The lowest BCUT2D eigenvalue weighted by molar-refractivity contribution is 0.0914. The van der Waals surface area contributed by atoms with Crippen molar-refractivity contribution in [3.63, 3.8) is 0 Å². The second kappa shape index (κ2) is 4.91. The first-order valence-electron chi connectivity index (χ1n) is 8.60. The van der Waals surface area contributed by atoms with Crippen LogP contribution in [0.1, 0.15) is 78.1 Å². The largest absolute Gasteiger partial charge is 0.492 e. The van der Waals surface area contributed by atoms with E-state index in [9.17, 15) is 19.2 Å². The van der Waals surface area contributed by atoms with Crippen molar-refractivity contribution in [2.75, 3.05) is 7.11 Å². The lowest BCUT2D eigenvalue weighted by Gasteiger charge is -2.38. The van der Waals surface area contributed by atoms with Gasteiger partial charge in [-0.2, -0.15) is 0 Å². The number of allylic oxidation sites excluding steroid dienone is 2. The van der Waals surface area contributed by atoms with Gasteiger partial charge in [-0.3, -0.25) is 19.2 Å². The Morgan fingerprint density at radius 3 is 2.52 bits per heavy atom. The number of ether oxygens (including phenoxy) is 1. The van der Waals surface area contributed by atoms with Gasteiger partial charge in [-0.1, -0.05) is 6.92 Å². The van der Waals surface area contributed by atoms with E-state index in [-0.39, 0.29) is 40.0 Å². The smallest absolute Gasteiger partial charge is 0.228 e. The number of furan rings is 1. The Morgan fingerprint density at radius 2 is 1.78 bits per heavy atom. The van der Waals surface area contributed by atoms with Crippen molar-refractivity contribution < 1.29 is 28.3 Å². The molecule has 0 saturated carbocycles. The summed E-state index contributed by atoms with van der Waals surface area (Å²) < 4.78 is 10.5. The summed E-state index contributed by atoms with van der Waals surface area (Å²) >= 11 is 0. The van der Waals surface area contributed by atoms with Crippen molar-refractivity contribution in [2.45, 2.75) is 25.2 Å². The molecule has 1 atom stereocenters. The maximum atomic E-state index is 13.0. The van der Waals surface area contributed by atoms with Crippen LogP contribution in [0.2, 0.25) is 0 Å². The molecule has 6 heteroatoms. The number of benzene rings is 1. The van der Waals surface area contributed by atoms with Gasteiger partial charge in [0.25, 0.3) is 0 Å². The normalized spacial score (nSPS) is 22.8. The maximum absolute atomic E-state index is 13.0. The molecule has 6 nitrogen and oxygen atoms in total. The van der Waals surface area contributed by atoms with Gasteiger partial charge in [0.2, 0.25) is 11.6 Å². The van der Waals surface area contributed by atoms with Crippen molar-refractivity contribution >= 4 is 23.1 Å². The molecule has 3 aliphatic carbocycles. The number of methoxy groups -OCH3 is 1. The number of fused-ring (bicyclic) bond motifs is 3. The molecule has 0 amide bonds. The summed E-state index contributed by atoms with van der Waals surface area (Å²) in [5, 5.41) is 0. The summed E-state index contributed by atoms with van der Waals surface area (Å²) in [6.45, 7) is 1.94. The van der Waals surface area contributed by atoms with Crippen LogP contribution < -0.4 is 0 Å². The first-order chi connectivity index (χ1) is 12.9. The molecule has 1 unspecified atom stereocenters. The first-order valence-corrected chi connectivity index (χ1v) is 8.60. The number of carbonyl (C=O) groups is 4. The number of hydrogen-bond acceptors (Lipinski definition) is 6. The molecule has 1 aromatic heterocycles. The number of ketones is 4. The zero-order valence-corrected chi connectivity index (χ0v) is 14.7. The van der Waals surface area contributed by atoms with Crippen LogP contribution in [-0.4, -0.2) is 30.2 Å². The van der Waals surface area contributed by atoms with Crippen LogP contribution in [0.3, 0.4) is 0 Å². The first kappa shape index (κ1) is 15.9. The molecule has 2 aromatic rings. The van der Waals surface area contributed by atoms with Gasteiger partial charge in [-0.15, -0.1) is 0 Å². The minimum Gasteiger partial charge on any atom is -0.492 e. The fraction of sp³-hybridized carbons (Fsp3) is 0.238. The van der Waals surface area contributed by atoms with E-state index in [1.807, 2.05) is 6.92 Å². The number of Topliss-reactive ketones (excluding diaryl/α,β-unsaturated/α-hetero) is 2. The van der Waals surface area contributed by atoms with E-state index in [2.05, 4.69) is 0 Å². The number of hydrogen-bond donors (Lipinski definition) is 0. The molecule has 0 fully saturated rings. The molecular formula is C21H14O6. The molecule has 0 radical (unpaired) electrons. The van der Waals surface area contributed by atoms with E-state index in [4.69, 9.17) is 9.15 Å². The van der Waals surface area contributed by atoms with Gasteiger partial charge in [0.15, 0.2) is 23.1 Å². The van der Waals surface area contributed by atoms with E-state index < -0.39 is 11.2 Å². The number of rotatable bonds is 1. The third kappa shape index (κ3) is 1.79. The van der Waals surface area contributed by atoms with E-state index in [1.54, 1.807) is 6.07 Å². The molecule has 0 aliphatic heterocycles. The van der Waals surface area contributed by atoms with Gasteiger partial charge >= 0.3 is 0 Å². The molecular weight excluding hydrogens is 348 g/mol. The summed E-state index contributed by atoms with van der Waals surface area (Å²) in [6.07, 6.45) is 3.31. The van der Waals surface area contributed by atoms with E-state index in [1.165, 1.54) is 19.4 Å². The summed E-state index contributed by atoms with van der Waals surface area (Å²) in [4.78, 5) is 50.4. The predicted molar refractivity (Wildman–Crippen MR) is 92.4 cm³/mol. The average molecular weight is 362 g/mol.